The zero-order valence-corrected chi connectivity index (χ0v) is 10.1. The predicted molar refractivity (Wildman–Crippen MR) is 60.7 cm³/mol. The van der Waals surface area contributed by atoms with Gasteiger partial charge in [-0.3, -0.25) is 9.89 Å². The first-order valence-corrected chi connectivity index (χ1v) is 6.12. The summed E-state index contributed by atoms with van der Waals surface area (Å²) in [7, 11) is 0. The Morgan fingerprint density at radius 3 is 3.07 bits per heavy atom. The number of hydrogen-bond acceptors (Lipinski definition) is 3. The maximum atomic E-state index is 11.3. The lowest BCUT2D eigenvalue weighted by atomic mass is 10.2. The van der Waals surface area contributed by atoms with Gasteiger partial charge in [-0.2, -0.15) is 5.10 Å². The lowest BCUT2D eigenvalue weighted by Crippen LogP contribution is -2.25. The van der Waals surface area contributed by atoms with Crippen LogP contribution < -0.4 is 5.32 Å². The maximum Gasteiger partial charge on any atom is 0.220 e. The highest BCUT2D eigenvalue weighted by molar-refractivity contribution is 9.09. The van der Waals surface area contributed by atoms with Gasteiger partial charge in [0.1, 0.15) is 12.2 Å². The highest BCUT2D eigenvalue weighted by atomic mass is 79.9. The second-order valence-electron chi connectivity index (χ2n) is 3.18. The van der Waals surface area contributed by atoms with E-state index in [1.165, 1.54) is 6.33 Å². The lowest BCUT2D eigenvalue weighted by Gasteiger charge is -2.02. The molecule has 0 fully saturated rings. The zero-order valence-electron chi connectivity index (χ0n) is 8.50. The summed E-state index contributed by atoms with van der Waals surface area (Å²) in [5.74, 6) is 0.909. The fourth-order valence-electron chi connectivity index (χ4n) is 1.14. The number of aromatic amines is 1. The molecule has 1 amide bonds. The average molecular weight is 275 g/mol. The number of unbranched alkanes of at least 4 members (excludes halogenated alkanes) is 1. The van der Waals surface area contributed by atoms with E-state index in [0.717, 1.165) is 24.0 Å². The summed E-state index contributed by atoms with van der Waals surface area (Å²) in [6, 6.07) is 0. The van der Waals surface area contributed by atoms with Crippen LogP contribution in [-0.2, 0) is 11.2 Å². The van der Waals surface area contributed by atoms with Crippen molar-refractivity contribution in [1.82, 2.24) is 20.5 Å². The van der Waals surface area contributed by atoms with Gasteiger partial charge in [-0.05, 0) is 12.8 Å². The topological polar surface area (TPSA) is 70.7 Å². The summed E-state index contributed by atoms with van der Waals surface area (Å²) >= 11 is 3.33. The Kier molecular flexibility index (Phi) is 5.99. The number of aromatic nitrogens is 3. The van der Waals surface area contributed by atoms with Crippen molar-refractivity contribution in [2.75, 3.05) is 11.9 Å². The normalized spacial score (nSPS) is 10.2. The van der Waals surface area contributed by atoms with Crippen molar-refractivity contribution >= 4 is 21.8 Å². The standard InChI is InChI=1S/C9H15BrN4O/c10-5-2-1-3-9(15)11-6-4-8-12-7-13-14-8/h7H,1-6H2,(H,11,15)(H,12,13,14). The van der Waals surface area contributed by atoms with Gasteiger partial charge in [0.25, 0.3) is 0 Å². The Bertz CT molecular complexity index is 276. The Morgan fingerprint density at radius 2 is 2.40 bits per heavy atom. The molecule has 0 aliphatic carbocycles. The molecule has 0 radical (unpaired) electrons. The van der Waals surface area contributed by atoms with Crippen molar-refractivity contribution < 1.29 is 4.79 Å². The van der Waals surface area contributed by atoms with Crippen LogP contribution in [0.15, 0.2) is 6.33 Å². The number of nitrogens with one attached hydrogen (secondary N) is 2. The lowest BCUT2D eigenvalue weighted by molar-refractivity contribution is -0.121. The van der Waals surface area contributed by atoms with E-state index in [1.807, 2.05) is 0 Å². The number of carbonyl (C=O) groups excluding carboxylic acids is 1. The van der Waals surface area contributed by atoms with E-state index >= 15 is 0 Å². The summed E-state index contributed by atoms with van der Waals surface area (Å²) in [4.78, 5) is 15.2. The third-order valence-electron chi connectivity index (χ3n) is 1.94. The van der Waals surface area contributed by atoms with E-state index in [4.69, 9.17) is 0 Å². The summed E-state index contributed by atoms with van der Waals surface area (Å²) in [5, 5.41) is 10.3. The van der Waals surface area contributed by atoms with Crippen LogP contribution in [0.1, 0.15) is 25.1 Å². The molecule has 0 aromatic carbocycles. The van der Waals surface area contributed by atoms with Gasteiger partial charge >= 0.3 is 0 Å². The van der Waals surface area contributed by atoms with E-state index in [0.29, 0.717) is 19.4 Å². The number of H-pyrrole nitrogens is 1. The van der Waals surface area contributed by atoms with Crippen molar-refractivity contribution in [2.45, 2.75) is 25.7 Å². The van der Waals surface area contributed by atoms with Crippen LogP contribution in [0.3, 0.4) is 0 Å². The monoisotopic (exact) mass is 274 g/mol. The van der Waals surface area contributed by atoms with E-state index in [9.17, 15) is 4.79 Å². The predicted octanol–water partition coefficient (Wildman–Crippen LogP) is 1.03. The van der Waals surface area contributed by atoms with Gasteiger partial charge in [-0.25, -0.2) is 4.98 Å². The highest BCUT2D eigenvalue weighted by Crippen LogP contribution is 1.98. The minimum Gasteiger partial charge on any atom is -0.356 e. The summed E-state index contributed by atoms with van der Waals surface area (Å²) in [6.45, 7) is 0.613. The van der Waals surface area contributed by atoms with Crippen molar-refractivity contribution in [3.63, 3.8) is 0 Å². The molecule has 6 heteroatoms. The molecule has 0 bridgehead atoms. The molecular weight excluding hydrogens is 260 g/mol. The molecule has 0 saturated carbocycles. The number of alkyl halides is 1. The van der Waals surface area contributed by atoms with Gasteiger partial charge in [-0.15, -0.1) is 0 Å². The van der Waals surface area contributed by atoms with Crippen LogP contribution in [0.5, 0.6) is 0 Å². The zero-order chi connectivity index (χ0) is 10.9. The second kappa shape index (κ2) is 7.39. The minimum absolute atomic E-state index is 0.107. The number of carbonyl (C=O) groups is 1. The molecular formula is C9H15BrN4O. The number of amides is 1. The number of hydrogen-bond donors (Lipinski definition) is 2. The van der Waals surface area contributed by atoms with E-state index in [-0.39, 0.29) is 5.91 Å². The van der Waals surface area contributed by atoms with Crippen molar-refractivity contribution in [3.8, 4) is 0 Å². The van der Waals surface area contributed by atoms with Crippen LogP contribution in [0, 0.1) is 0 Å². The van der Waals surface area contributed by atoms with Crippen LogP contribution in [0.25, 0.3) is 0 Å². The summed E-state index contributed by atoms with van der Waals surface area (Å²) in [6.07, 6.45) is 4.73. The molecule has 0 aliphatic rings. The Morgan fingerprint density at radius 1 is 1.53 bits per heavy atom. The van der Waals surface area contributed by atoms with Gasteiger partial charge < -0.3 is 5.32 Å². The number of halogens is 1. The van der Waals surface area contributed by atoms with Crippen molar-refractivity contribution in [1.29, 1.82) is 0 Å². The van der Waals surface area contributed by atoms with E-state index < -0.39 is 0 Å². The summed E-state index contributed by atoms with van der Waals surface area (Å²) < 4.78 is 0. The first-order chi connectivity index (χ1) is 7.33. The minimum atomic E-state index is 0.107. The SMILES string of the molecule is O=C(CCCCBr)NCCc1ncn[nH]1. The second-order valence-corrected chi connectivity index (χ2v) is 3.97. The first-order valence-electron chi connectivity index (χ1n) is 5.00. The largest absolute Gasteiger partial charge is 0.356 e. The molecule has 84 valence electrons. The van der Waals surface area contributed by atoms with Crippen LogP contribution in [0.4, 0.5) is 0 Å². The van der Waals surface area contributed by atoms with Crippen molar-refractivity contribution in [2.24, 2.45) is 0 Å². The molecule has 5 nitrogen and oxygen atoms in total. The fourth-order valence-corrected chi connectivity index (χ4v) is 1.54. The number of nitrogens with zero attached hydrogens (tertiary/aromatic N) is 2. The molecule has 1 rings (SSSR count). The molecule has 1 aromatic heterocycles. The van der Waals surface area contributed by atoms with Crippen LogP contribution >= 0.6 is 15.9 Å². The van der Waals surface area contributed by atoms with Gasteiger partial charge in [0.2, 0.25) is 5.91 Å². The molecule has 0 unspecified atom stereocenters. The van der Waals surface area contributed by atoms with Gasteiger partial charge in [-0.1, -0.05) is 15.9 Å². The van der Waals surface area contributed by atoms with Gasteiger partial charge in [0.05, 0.1) is 0 Å². The van der Waals surface area contributed by atoms with E-state index in [1.54, 1.807) is 0 Å². The summed E-state index contributed by atoms with van der Waals surface area (Å²) in [5.41, 5.74) is 0. The van der Waals surface area contributed by atoms with Crippen LogP contribution in [0.2, 0.25) is 0 Å². The molecule has 15 heavy (non-hydrogen) atoms. The number of rotatable bonds is 7. The smallest absolute Gasteiger partial charge is 0.220 e. The third kappa shape index (κ3) is 5.51. The van der Waals surface area contributed by atoms with Crippen LogP contribution in [-0.4, -0.2) is 33.0 Å². The Balaban J connectivity index is 2.02. The molecule has 0 spiro atoms. The molecule has 0 atom stereocenters. The molecule has 1 aromatic rings. The molecule has 1 heterocycles. The Labute approximate surface area is 97.2 Å². The van der Waals surface area contributed by atoms with Gasteiger partial charge in [0, 0.05) is 24.7 Å². The van der Waals surface area contributed by atoms with E-state index in [2.05, 4.69) is 36.4 Å². The fraction of sp³-hybridized carbons (Fsp3) is 0.667. The molecule has 2 N–H and O–H groups in total. The highest BCUT2D eigenvalue weighted by Gasteiger charge is 2.01. The van der Waals surface area contributed by atoms with Gasteiger partial charge in [0.15, 0.2) is 0 Å². The molecule has 0 saturated heterocycles. The van der Waals surface area contributed by atoms with Crippen molar-refractivity contribution in [3.05, 3.63) is 12.2 Å². The molecule has 0 aliphatic heterocycles. The first kappa shape index (κ1) is 12.2. The maximum absolute atomic E-state index is 11.3. The quantitative estimate of drug-likeness (QED) is 0.576. The Hall–Kier alpha value is -0.910. The third-order valence-corrected chi connectivity index (χ3v) is 2.50. The average Bonchev–Trinajstić information content (AvgIpc) is 2.71.